The first-order valence-electron chi connectivity index (χ1n) is 8.81. The molecule has 5 rings (SSSR count). The van der Waals surface area contributed by atoms with Crippen LogP contribution in [0.15, 0.2) is 63.0 Å². The standard InChI is InChI=1S/C21H14BrN3O3S/c1-12-16(8-13-2-7-18-19(9-13)28-11-27-18)20(26)25(24-12)21-23-17(10-29-21)14-3-5-15(22)6-4-14/h2-10H,11H2,1H3. The summed E-state index contributed by atoms with van der Waals surface area (Å²) in [6.45, 7) is 2.03. The van der Waals surface area contributed by atoms with Gasteiger partial charge in [0.1, 0.15) is 0 Å². The topological polar surface area (TPSA) is 64.0 Å². The molecule has 0 N–H and O–H groups in total. The van der Waals surface area contributed by atoms with Gasteiger partial charge in [-0.3, -0.25) is 4.79 Å². The predicted molar refractivity (Wildman–Crippen MR) is 116 cm³/mol. The second-order valence-electron chi connectivity index (χ2n) is 6.50. The SMILES string of the molecule is CC1=NN(c2nc(-c3ccc(Br)cc3)cs2)C(=O)C1=Cc1ccc2c(c1)OCO2. The van der Waals surface area contributed by atoms with Gasteiger partial charge in [-0.2, -0.15) is 10.1 Å². The lowest BCUT2D eigenvalue weighted by Gasteiger charge is -2.07. The molecule has 0 saturated carbocycles. The van der Waals surface area contributed by atoms with Crippen LogP contribution in [0.4, 0.5) is 5.13 Å². The van der Waals surface area contributed by atoms with E-state index in [1.165, 1.54) is 16.3 Å². The number of aromatic nitrogens is 1. The van der Waals surface area contributed by atoms with Crippen molar-refractivity contribution in [2.45, 2.75) is 6.92 Å². The van der Waals surface area contributed by atoms with Gasteiger partial charge in [0.25, 0.3) is 5.91 Å². The Morgan fingerprint density at radius 3 is 2.76 bits per heavy atom. The number of carbonyl (C=O) groups is 1. The molecule has 1 amide bonds. The van der Waals surface area contributed by atoms with Gasteiger partial charge >= 0.3 is 0 Å². The summed E-state index contributed by atoms with van der Waals surface area (Å²) in [5.41, 5.74) is 3.83. The van der Waals surface area contributed by atoms with Crippen molar-refractivity contribution in [2.24, 2.45) is 5.10 Å². The van der Waals surface area contributed by atoms with Crippen LogP contribution in [0.25, 0.3) is 17.3 Å². The van der Waals surface area contributed by atoms with Crippen molar-refractivity contribution < 1.29 is 14.3 Å². The Hall–Kier alpha value is -2.97. The van der Waals surface area contributed by atoms with E-state index in [9.17, 15) is 4.79 Å². The first-order valence-corrected chi connectivity index (χ1v) is 10.5. The summed E-state index contributed by atoms with van der Waals surface area (Å²) in [5.74, 6) is 1.19. The van der Waals surface area contributed by atoms with E-state index in [0.29, 0.717) is 27.9 Å². The average molecular weight is 468 g/mol. The molecule has 8 heteroatoms. The Morgan fingerprint density at radius 2 is 1.93 bits per heavy atom. The molecule has 6 nitrogen and oxygen atoms in total. The number of halogens is 1. The molecule has 3 aromatic rings. The van der Waals surface area contributed by atoms with E-state index < -0.39 is 0 Å². The van der Waals surface area contributed by atoms with E-state index in [0.717, 1.165) is 21.3 Å². The van der Waals surface area contributed by atoms with Crippen LogP contribution in [-0.2, 0) is 4.79 Å². The summed E-state index contributed by atoms with van der Waals surface area (Å²) < 4.78 is 11.8. The summed E-state index contributed by atoms with van der Waals surface area (Å²) >= 11 is 4.82. The molecule has 0 atom stereocenters. The van der Waals surface area contributed by atoms with Crippen molar-refractivity contribution in [1.29, 1.82) is 0 Å². The van der Waals surface area contributed by atoms with Gasteiger partial charge in [-0.15, -0.1) is 11.3 Å². The van der Waals surface area contributed by atoms with Gasteiger partial charge in [-0.25, -0.2) is 4.98 Å². The lowest BCUT2D eigenvalue weighted by Crippen LogP contribution is -2.21. The summed E-state index contributed by atoms with van der Waals surface area (Å²) in [5, 5.41) is 8.26. The molecule has 3 heterocycles. The number of anilines is 1. The second-order valence-corrected chi connectivity index (χ2v) is 8.25. The third-order valence-electron chi connectivity index (χ3n) is 4.58. The number of hydrogen-bond acceptors (Lipinski definition) is 6. The van der Waals surface area contributed by atoms with Crippen LogP contribution < -0.4 is 14.5 Å². The maximum absolute atomic E-state index is 13.0. The number of ether oxygens (including phenoxy) is 2. The molecule has 0 fully saturated rings. The highest BCUT2D eigenvalue weighted by atomic mass is 79.9. The molecule has 0 radical (unpaired) electrons. The van der Waals surface area contributed by atoms with Crippen molar-refractivity contribution in [3.8, 4) is 22.8 Å². The fraction of sp³-hybridized carbons (Fsp3) is 0.0952. The lowest BCUT2D eigenvalue weighted by atomic mass is 10.1. The van der Waals surface area contributed by atoms with Gasteiger partial charge < -0.3 is 9.47 Å². The largest absolute Gasteiger partial charge is 0.454 e. The highest BCUT2D eigenvalue weighted by molar-refractivity contribution is 9.10. The minimum absolute atomic E-state index is 0.197. The molecule has 29 heavy (non-hydrogen) atoms. The third-order valence-corrected chi connectivity index (χ3v) is 5.93. The van der Waals surface area contributed by atoms with Gasteiger partial charge in [-0.05, 0) is 42.8 Å². The van der Waals surface area contributed by atoms with Crippen molar-refractivity contribution in [3.63, 3.8) is 0 Å². The van der Waals surface area contributed by atoms with Crippen LogP contribution in [0.5, 0.6) is 11.5 Å². The fourth-order valence-corrected chi connectivity index (χ4v) is 4.14. The van der Waals surface area contributed by atoms with E-state index in [-0.39, 0.29) is 12.7 Å². The lowest BCUT2D eigenvalue weighted by molar-refractivity contribution is -0.114. The monoisotopic (exact) mass is 467 g/mol. The van der Waals surface area contributed by atoms with Crippen molar-refractivity contribution in [1.82, 2.24) is 4.98 Å². The Balaban J connectivity index is 1.42. The van der Waals surface area contributed by atoms with Crippen LogP contribution in [0.1, 0.15) is 12.5 Å². The number of thiazole rings is 1. The number of amides is 1. The summed E-state index contributed by atoms with van der Waals surface area (Å²) in [6.07, 6.45) is 1.81. The van der Waals surface area contributed by atoms with Gasteiger partial charge in [0.2, 0.25) is 11.9 Å². The molecule has 0 saturated heterocycles. The molecule has 1 aromatic heterocycles. The second kappa shape index (κ2) is 7.13. The van der Waals surface area contributed by atoms with Crippen molar-refractivity contribution >= 4 is 50.1 Å². The van der Waals surface area contributed by atoms with Crippen LogP contribution in [0.3, 0.4) is 0 Å². The molecule has 2 aliphatic heterocycles. The Morgan fingerprint density at radius 1 is 1.14 bits per heavy atom. The van der Waals surface area contributed by atoms with Crippen LogP contribution in [-0.4, -0.2) is 23.4 Å². The summed E-state index contributed by atoms with van der Waals surface area (Å²) in [4.78, 5) is 17.6. The zero-order chi connectivity index (χ0) is 20.0. The van der Waals surface area contributed by atoms with E-state index >= 15 is 0 Å². The van der Waals surface area contributed by atoms with Gasteiger partial charge in [0.05, 0.1) is 17.0 Å². The van der Waals surface area contributed by atoms with E-state index in [1.54, 1.807) is 0 Å². The molecule has 0 spiro atoms. The molecular weight excluding hydrogens is 454 g/mol. The normalized spacial score (nSPS) is 16.6. The van der Waals surface area contributed by atoms with E-state index in [1.807, 2.05) is 60.8 Å². The van der Waals surface area contributed by atoms with E-state index in [2.05, 4.69) is 26.0 Å². The fourth-order valence-electron chi connectivity index (χ4n) is 3.10. The summed E-state index contributed by atoms with van der Waals surface area (Å²) in [7, 11) is 0. The third kappa shape index (κ3) is 3.34. The number of fused-ring (bicyclic) bond motifs is 1. The number of benzene rings is 2. The highest BCUT2D eigenvalue weighted by Gasteiger charge is 2.31. The molecule has 0 unspecified atom stereocenters. The number of hydrazone groups is 1. The molecule has 2 aromatic carbocycles. The zero-order valence-corrected chi connectivity index (χ0v) is 17.7. The highest BCUT2D eigenvalue weighted by Crippen LogP contribution is 2.35. The van der Waals surface area contributed by atoms with E-state index in [4.69, 9.17) is 9.47 Å². The molecule has 144 valence electrons. The molecule has 0 aliphatic carbocycles. The van der Waals surface area contributed by atoms with Crippen LogP contribution in [0.2, 0.25) is 0 Å². The smallest absolute Gasteiger partial charge is 0.282 e. The van der Waals surface area contributed by atoms with Gasteiger partial charge in [0, 0.05) is 15.4 Å². The quantitative estimate of drug-likeness (QED) is 0.502. The Labute approximate surface area is 179 Å². The average Bonchev–Trinajstić information content (AvgIpc) is 3.44. The number of rotatable bonds is 3. The maximum Gasteiger partial charge on any atom is 0.282 e. The van der Waals surface area contributed by atoms with Gasteiger partial charge in [-0.1, -0.05) is 34.1 Å². The molecule has 0 bridgehead atoms. The van der Waals surface area contributed by atoms with Crippen molar-refractivity contribution in [3.05, 3.63) is 63.5 Å². The molecular formula is C21H14BrN3O3S. The minimum Gasteiger partial charge on any atom is -0.454 e. The van der Waals surface area contributed by atoms with Gasteiger partial charge in [0.15, 0.2) is 11.5 Å². The number of hydrogen-bond donors (Lipinski definition) is 0. The maximum atomic E-state index is 13.0. The Bertz CT molecular complexity index is 1180. The first-order chi connectivity index (χ1) is 14.1. The number of carbonyl (C=O) groups excluding carboxylic acids is 1. The molecule has 2 aliphatic rings. The Kier molecular flexibility index (Phi) is 4.44. The first kappa shape index (κ1) is 18.1. The minimum atomic E-state index is -0.197. The summed E-state index contributed by atoms with van der Waals surface area (Å²) in [6, 6.07) is 13.5. The van der Waals surface area contributed by atoms with Crippen LogP contribution in [0, 0.1) is 0 Å². The van der Waals surface area contributed by atoms with Crippen molar-refractivity contribution in [2.75, 3.05) is 11.8 Å². The predicted octanol–water partition coefficient (Wildman–Crippen LogP) is 5.11. The number of nitrogens with zero attached hydrogens (tertiary/aromatic N) is 3. The zero-order valence-electron chi connectivity index (χ0n) is 15.3. The van der Waals surface area contributed by atoms with Crippen LogP contribution >= 0.6 is 27.3 Å².